The number of hydrogen-bond donors (Lipinski definition) is 2. The van der Waals surface area contributed by atoms with E-state index in [1.54, 1.807) is 36.4 Å². The van der Waals surface area contributed by atoms with Crippen LogP contribution in [0, 0.1) is 5.92 Å². The molecule has 3 aromatic rings. The van der Waals surface area contributed by atoms with Crippen LogP contribution in [0.3, 0.4) is 0 Å². The van der Waals surface area contributed by atoms with E-state index in [1.165, 1.54) is 10.9 Å². The Kier molecular flexibility index (Phi) is 5.88. The van der Waals surface area contributed by atoms with Gasteiger partial charge in [-0.25, -0.2) is 4.68 Å². The van der Waals surface area contributed by atoms with Crippen molar-refractivity contribution in [2.45, 2.75) is 20.4 Å². The maximum absolute atomic E-state index is 12.7. The van der Waals surface area contributed by atoms with Crippen LogP contribution in [0.15, 0.2) is 51.9 Å². The van der Waals surface area contributed by atoms with E-state index in [-0.39, 0.29) is 41.9 Å². The number of rotatable bonds is 7. The standard InChI is InChI=1S/C20H22N4O4/c1-13(2)12-24-20(27)15-7-4-3-6-14(15)17(23-24)19(26)22-10-9-21-18(25)16-8-5-11-28-16/h3-8,11,13H,9-10,12H2,1-2H3,(H,21,25)(H,22,26). The summed E-state index contributed by atoms with van der Waals surface area (Å²) in [4.78, 5) is 37.1. The second kappa shape index (κ2) is 8.51. The number of nitrogens with one attached hydrogen (secondary N) is 2. The van der Waals surface area contributed by atoms with Gasteiger partial charge in [0.15, 0.2) is 11.5 Å². The Bertz CT molecular complexity index is 1040. The van der Waals surface area contributed by atoms with E-state index in [1.807, 2.05) is 13.8 Å². The largest absolute Gasteiger partial charge is 0.459 e. The maximum Gasteiger partial charge on any atom is 0.287 e. The Morgan fingerprint density at radius 2 is 1.71 bits per heavy atom. The van der Waals surface area contributed by atoms with Gasteiger partial charge >= 0.3 is 0 Å². The predicted molar refractivity (Wildman–Crippen MR) is 104 cm³/mol. The van der Waals surface area contributed by atoms with Crippen molar-refractivity contribution in [2.24, 2.45) is 5.92 Å². The molecule has 0 bridgehead atoms. The maximum atomic E-state index is 12.7. The zero-order chi connectivity index (χ0) is 20.1. The minimum Gasteiger partial charge on any atom is -0.459 e. The fourth-order valence-corrected chi connectivity index (χ4v) is 2.80. The van der Waals surface area contributed by atoms with Gasteiger partial charge in [-0.15, -0.1) is 0 Å². The molecule has 0 fully saturated rings. The molecule has 0 unspecified atom stereocenters. The first-order valence-corrected chi connectivity index (χ1v) is 9.07. The summed E-state index contributed by atoms with van der Waals surface area (Å²) in [6.07, 6.45) is 1.42. The normalized spacial score (nSPS) is 11.0. The van der Waals surface area contributed by atoms with Gasteiger partial charge in [0.2, 0.25) is 0 Å². The van der Waals surface area contributed by atoms with Gasteiger partial charge < -0.3 is 15.1 Å². The predicted octanol–water partition coefficient (Wildman–Crippen LogP) is 1.81. The third-order valence-electron chi connectivity index (χ3n) is 4.06. The second-order valence-electron chi connectivity index (χ2n) is 6.76. The average molecular weight is 382 g/mol. The molecule has 0 saturated carbocycles. The third kappa shape index (κ3) is 4.28. The van der Waals surface area contributed by atoms with Gasteiger partial charge in [0.25, 0.3) is 17.4 Å². The fourth-order valence-electron chi connectivity index (χ4n) is 2.80. The highest BCUT2D eigenvalue weighted by molar-refractivity contribution is 6.04. The topological polar surface area (TPSA) is 106 Å². The van der Waals surface area contributed by atoms with Crippen LogP contribution in [0.1, 0.15) is 34.9 Å². The molecular weight excluding hydrogens is 360 g/mol. The van der Waals surface area contributed by atoms with Gasteiger partial charge in [-0.1, -0.05) is 32.0 Å². The molecule has 0 radical (unpaired) electrons. The Morgan fingerprint density at radius 3 is 2.36 bits per heavy atom. The zero-order valence-corrected chi connectivity index (χ0v) is 15.8. The minimum absolute atomic E-state index is 0.188. The van der Waals surface area contributed by atoms with E-state index in [0.29, 0.717) is 17.3 Å². The van der Waals surface area contributed by atoms with Gasteiger partial charge in [0.1, 0.15) is 0 Å². The number of hydrogen-bond acceptors (Lipinski definition) is 5. The first-order valence-electron chi connectivity index (χ1n) is 9.07. The van der Waals surface area contributed by atoms with Crippen LogP contribution in [0.5, 0.6) is 0 Å². The molecule has 146 valence electrons. The number of furan rings is 1. The van der Waals surface area contributed by atoms with Gasteiger partial charge in [0.05, 0.1) is 11.6 Å². The summed E-state index contributed by atoms with van der Waals surface area (Å²) >= 11 is 0. The van der Waals surface area contributed by atoms with Crippen LogP contribution in [0.25, 0.3) is 10.8 Å². The number of carbonyl (C=O) groups is 2. The van der Waals surface area contributed by atoms with Crippen molar-refractivity contribution in [2.75, 3.05) is 13.1 Å². The summed E-state index contributed by atoms with van der Waals surface area (Å²) in [7, 11) is 0. The molecule has 0 aliphatic heterocycles. The molecule has 8 heteroatoms. The van der Waals surface area contributed by atoms with E-state index in [2.05, 4.69) is 15.7 Å². The summed E-state index contributed by atoms with van der Waals surface area (Å²) in [5.74, 6) is -0.340. The minimum atomic E-state index is -0.402. The molecule has 2 aromatic heterocycles. The summed E-state index contributed by atoms with van der Waals surface area (Å²) in [5.41, 5.74) is -0.0280. The Hall–Kier alpha value is -3.42. The van der Waals surface area contributed by atoms with Crippen LogP contribution in [-0.4, -0.2) is 34.7 Å². The third-order valence-corrected chi connectivity index (χ3v) is 4.06. The van der Waals surface area contributed by atoms with Crippen molar-refractivity contribution in [1.82, 2.24) is 20.4 Å². The smallest absolute Gasteiger partial charge is 0.287 e. The summed E-state index contributed by atoms with van der Waals surface area (Å²) in [6, 6.07) is 10.1. The van der Waals surface area contributed by atoms with Crippen LogP contribution in [0.2, 0.25) is 0 Å². The lowest BCUT2D eigenvalue weighted by atomic mass is 10.1. The molecule has 0 saturated heterocycles. The molecule has 3 rings (SSSR count). The van der Waals surface area contributed by atoms with E-state index >= 15 is 0 Å². The molecule has 2 heterocycles. The highest BCUT2D eigenvalue weighted by atomic mass is 16.3. The van der Waals surface area contributed by atoms with Crippen LogP contribution >= 0.6 is 0 Å². The SMILES string of the molecule is CC(C)Cn1nc(C(=O)NCCNC(=O)c2ccco2)c2ccccc2c1=O. The quantitative estimate of drug-likeness (QED) is 0.606. The van der Waals surface area contributed by atoms with E-state index < -0.39 is 5.91 Å². The van der Waals surface area contributed by atoms with Crippen molar-refractivity contribution < 1.29 is 14.0 Å². The van der Waals surface area contributed by atoms with Gasteiger partial charge in [-0.2, -0.15) is 5.10 Å². The van der Waals surface area contributed by atoms with E-state index in [0.717, 1.165) is 0 Å². The summed E-state index contributed by atoms with van der Waals surface area (Å²) in [5, 5.41) is 10.6. The summed E-state index contributed by atoms with van der Waals surface area (Å²) < 4.78 is 6.34. The molecule has 2 N–H and O–H groups in total. The van der Waals surface area contributed by atoms with Crippen molar-refractivity contribution in [1.29, 1.82) is 0 Å². The number of nitrogens with zero attached hydrogens (tertiary/aromatic N) is 2. The molecule has 0 atom stereocenters. The van der Waals surface area contributed by atoms with Crippen LogP contribution < -0.4 is 16.2 Å². The lowest BCUT2D eigenvalue weighted by Crippen LogP contribution is -2.36. The monoisotopic (exact) mass is 382 g/mol. The van der Waals surface area contributed by atoms with Crippen molar-refractivity contribution in [3.63, 3.8) is 0 Å². The fraction of sp³-hybridized carbons (Fsp3) is 0.300. The first-order chi connectivity index (χ1) is 13.5. The van der Waals surface area contributed by atoms with E-state index in [9.17, 15) is 14.4 Å². The number of amides is 2. The number of benzene rings is 1. The Balaban J connectivity index is 1.73. The molecule has 0 spiro atoms. The second-order valence-corrected chi connectivity index (χ2v) is 6.76. The molecule has 8 nitrogen and oxygen atoms in total. The molecular formula is C20H22N4O4. The van der Waals surface area contributed by atoms with Gasteiger partial charge in [-0.05, 0) is 24.1 Å². The van der Waals surface area contributed by atoms with Gasteiger partial charge in [0, 0.05) is 25.0 Å². The molecule has 0 aliphatic carbocycles. The number of fused-ring (bicyclic) bond motifs is 1. The average Bonchev–Trinajstić information content (AvgIpc) is 3.22. The first kappa shape index (κ1) is 19.3. The van der Waals surface area contributed by atoms with Gasteiger partial charge in [-0.3, -0.25) is 14.4 Å². The summed E-state index contributed by atoms with van der Waals surface area (Å²) in [6.45, 7) is 4.82. The zero-order valence-electron chi connectivity index (χ0n) is 15.8. The van der Waals surface area contributed by atoms with E-state index in [4.69, 9.17) is 4.42 Å². The highest BCUT2D eigenvalue weighted by Crippen LogP contribution is 2.13. The highest BCUT2D eigenvalue weighted by Gasteiger charge is 2.17. The molecule has 28 heavy (non-hydrogen) atoms. The number of aromatic nitrogens is 2. The molecule has 2 amide bonds. The van der Waals surface area contributed by atoms with Crippen LogP contribution in [0.4, 0.5) is 0 Å². The Labute approximate surface area is 161 Å². The Morgan fingerprint density at radius 1 is 1.04 bits per heavy atom. The van der Waals surface area contributed by atoms with Crippen LogP contribution in [-0.2, 0) is 6.54 Å². The molecule has 0 aliphatic rings. The number of carbonyl (C=O) groups excluding carboxylic acids is 2. The molecule has 1 aromatic carbocycles. The van der Waals surface area contributed by atoms with Crippen molar-refractivity contribution >= 4 is 22.6 Å². The van der Waals surface area contributed by atoms with Crippen molar-refractivity contribution in [3.8, 4) is 0 Å². The van der Waals surface area contributed by atoms with Crippen molar-refractivity contribution in [3.05, 3.63) is 64.5 Å². The lowest BCUT2D eigenvalue weighted by molar-refractivity contribution is 0.0909. The lowest BCUT2D eigenvalue weighted by Gasteiger charge is -2.12.